The molecule has 0 radical (unpaired) electrons. The van der Waals surface area contributed by atoms with E-state index < -0.39 is 0 Å². The number of nitrogens with one attached hydrogen (secondary N) is 1. The topological polar surface area (TPSA) is 99.2 Å². The molecular weight excluding hydrogens is 358 g/mol. The van der Waals surface area contributed by atoms with E-state index >= 15 is 0 Å². The second kappa shape index (κ2) is 7.19. The molecule has 0 saturated carbocycles. The lowest BCUT2D eigenvalue weighted by Crippen LogP contribution is -2.47. The van der Waals surface area contributed by atoms with Gasteiger partial charge in [-0.2, -0.15) is 0 Å². The number of ether oxygens (including phenoxy) is 1. The van der Waals surface area contributed by atoms with Crippen LogP contribution in [-0.4, -0.2) is 82.4 Å². The van der Waals surface area contributed by atoms with Crippen molar-refractivity contribution in [2.24, 2.45) is 0 Å². The molecule has 5 heterocycles. The van der Waals surface area contributed by atoms with Gasteiger partial charge in [-0.1, -0.05) is 0 Å². The lowest BCUT2D eigenvalue weighted by Gasteiger charge is -2.36. The summed E-state index contributed by atoms with van der Waals surface area (Å²) in [5.74, 6) is 3.69. The summed E-state index contributed by atoms with van der Waals surface area (Å²) in [7, 11) is 0. The molecule has 0 amide bonds. The standard InChI is InChI=1S/C18H23N9O/c1-13-23-14(10-15(24-13)26-6-8-28-9-7-26)25-2-4-27(5-3-25)18-16-17(20-11-19-16)21-12-22-18/h10-12H,2-9H2,1H3,(H,19,20,21,22). The zero-order valence-electron chi connectivity index (χ0n) is 15.9. The third kappa shape index (κ3) is 3.19. The number of aromatic nitrogens is 6. The van der Waals surface area contributed by atoms with Gasteiger partial charge in [0.1, 0.15) is 29.3 Å². The molecule has 2 fully saturated rings. The van der Waals surface area contributed by atoms with E-state index in [1.807, 2.05) is 6.92 Å². The van der Waals surface area contributed by atoms with Crippen molar-refractivity contribution in [3.63, 3.8) is 0 Å². The maximum atomic E-state index is 5.46. The summed E-state index contributed by atoms with van der Waals surface area (Å²) in [6.07, 6.45) is 3.24. The number of fused-ring (bicyclic) bond motifs is 1. The highest BCUT2D eigenvalue weighted by Gasteiger charge is 2.23. The van der Waals surface area contributed by atoms with Gasteiger partial charge >= 0.3 is 0 Å². The molecule has 0 atom stereocenters. The molecule has 10 nitrogen and oxygen atoms in total. The van der Waals surface area contributed by atoms with Crippen molar-refractivity contribution in [2.45, 2.75) is 6.92 Å². The SMILES string of the molecule is Cc1nc(N2CCOCC2)cc(N2CCN(c3ncnc4nc[nH]c34)CC2)n1. The Morgan fingerprint density at radius 2 is 1.54 bits per heavy atom. The van der Waals surface area contributed by atoms with Gasteiger partial charge in [0.25, 0.3) is 0 Å². The molecule has 5 rings (SSSR count). The van der Waals surface area contributed by atoms with Crippen molar-refractivity contribution in [2.75, 3.05) is 67.2 Å². The van der Waals surface area contributed by atoms with Crippen LogP contribution < -0.4 is 14.7 Å². The van der Waals surface area contributed by atoms with Crippen LogP contribution in [0, 0.1) is 6.92 Å². The Morgan fingerprint density at radius 1 is 0.857 bits per heavy atom. The van der Waals surface area contributed by atoms with Crippen LogP contribution in [0.4, 0.5) is 17.5 Å². The first-order valence-corrected chi connectivity index (χ1v) is 9.60. The average molecular weight is 381 g/mol. The minimum absolute atomic E-state index is 0.703. The lowest BCUT2D eigenvalue weighted by molar-refractivity contribution is 0.122. The van der Waals surface area contributed by atoms with E-state index in [-0.39, 0.29) is 0 Å². The molecule has 0 aromatic carbocycles. The number of rotatable bonds is 3. The zero-order valence-corrected chi connectivity index (χ0v) is 15.9. The van der Waals surface area contributed by atoms with Gasteiger partial charge in [-0.3, -0.25) is 0 Å². The van der Waals surface area contributed by atoms with E-state index in [9.17, 15) is 0 Å². The molecule has 28 heavy (non-hydrogen) atoms. The summed E-state index contributed by atoms with van der Waals surface area (Å²) in [6, 6.07) is 2.10. The normalized spacial score (nSPS) is 18.1. The van der Waals surface area contributed by atoms with Gasteiger partial charge < -0.3 is 24.4 Å². The van der Waals surface area contributed by atoms with Crippen LogP contribution in [0.2, 0.25) is 0 Å². The van der Waals surface area contributed by atoms with Crippen molar-refractivity contribution in [1.82, 2.24) is 29.9 Å². The van der Waals surface area contributed by atoms with Crippen molar-refractivity contribution < 1.29 is 4.74 Å². The molecule has 2 saturated heterocycles. The Morgan fingerprint density at radius 3 is 2.29 bits per heavy atom. The highest BCUT2D eigenvalue weighted by Crippen LogP contribution is 2.24. The fourth-order valence-corrected chi connectivity index (χ4v) is 3.79. The minimum atomic E-state index is 0.703. The van der Waals surface area contributed by atoms with E-state index in [1.165, 1.54) is 0 Å². The van der Waals surface area contributed by atoms with Crippen LogP contribution in [0.3, 0.4) is 0 Å². The maximum absolute atomic E-state index is 5.46. The van der Waals surface area contributed by atoms with Gasteiger partial charge in [-0.05, 0) is 6.92 Å². The molecule has 146 valence electrons. The molecule has 10 heteroatoms. The Labute approximate surface area is 162 Å². The number of aromatic amines is 1. The number of hydrogen-bond donors (Lipinski definition) is 1. The van der Waals surface area contributed by atoms with Crippen LogP contribution in [0.25, 0.3) is 11.2 Å². The Bertz CT molecular complexity index is 961. The van der Waals surface area contributed by atoms with Gasteiger partial charge in [0, 0.05) is 45.3 Å². The molecule has 0 aliphatic carbocycles. The summed E-state index contributed by atoms with van der Waals surface area (Å²) >= 11 is 0. The fourth-order valence-electron chi connectivity index (χ4n) is 3.79. The summed E-state index contributed by atoms with van der Waals surface area (Å²) in [4.78, 5) is 32.2. The largest absolute Gasteiger partial charge is 0.378 e. The van der Waals surface area contributed by atoms with Crippen molar-refractivity contribution in [1.29, 1.82) is 0 Å². The predicted octanol–water partition coefficient (Wildman–Crippen LogP) is 0.615. The number of aryl methyl sites for hydroxylation is 1. The molecule has 2 aliphatic rings. The summed E-state index contributed by atoms with van der Waals surface area (Å²) in [5.41, 5.74) is 1.59. The molecule has 3 aromatic rings. The summed E-state index contributed by atoms with van der Waals surface area (Å²) in [5, 5.41) is 0. The smallest absolute Gasteiger partial charge is 0.182 e. The number of morpholine rings is 1. The minimum Gasteiger partial charge on any atom is -0.378 e. The molecule has 2 aliphatic heterocycles. The van der Waals surface area contributed by atoms with Gasteiger partial charge in [0.2, 0.25) is 0 Å². The predicted molar refractivity (Wildman–Crippen MR) is 106 cm³/mol. The van der Waals surface area contributed by atoms with Crippen LogP contribution in [0.15, 0.2) is 18.7 Å². The van der Waals surface area contributed by atoms with E-state index in [0.29, 0.717) is 5.65 Å². The van der Waals surface area contributed by atoms with Crippen molar-refractivity contribution in [3.05, 3.63) is 24.5 Å². The second-order valence-electron chi connectivity index (χ2n) is 7.00. The highest BCUT2D eigenvalue weighted by molar-refractivity contribution is 5.82. The average Bonchev–Trinajstić information content (AvgIpc) is 3.23. The van der Waals surface area contributed by atoms with E-state index in [1.54, 1.807) is 12.7 Å². The van der Waals surface area contributed by atoms with Crippen molar-refractivity contribution in [3.8, 4) is 0 Å². The Balaban J connectivity index is 1.33. The van der Waals surface area contributed by atoms with Crippen LogP contribution in [0.5, 0.6) is 0 Å². The first kappa shape index (κ1) is 17.1. The Kier molecular flexibility index (Phi) is 4.40. The highest BCUT2D eigenvalue weighted by atomic mass is 16.5. The molecular formula is C18H23N9O. The lowest BCUT2D eigenvalue weighted by atomic mass is 10.3. The van der Waals surface area contributed by atoms with E-state index in [4.69, 9.17) is 4.74 Å². The van der Waals surface area contributed by atoms with Gasteiger partial charge in [-0.15, -0.1) is 0 Å². The van der Waals surface area contributed by atoms with Crippen LogP contribution >= 0.6 is 0 Å². The summed E-state index contributed by atoms with van der Waals surface area (Å²) in [6.45, 7) is 8.67. The molecule has 1 N–H and O–H groups in total. The number of piperazine rings is 1. The number of hydrogen-bond acceptors (Lipinski definition) is 9. The number of H-pyrrole nitrogens is 1. The zero-order chi connectivity index (χ0) is 18.9. The number of imidazole rings is 1. The number of anilines is 3. The summed E-state index contributed by atoms with van der Waals surface area (Å²) < 4.78 is 5.46. The van der Waals surface area contributed by atoms with Gasteiger partial charge in [0.05, 0.1) is 19.5 Å². The Hall–Kier alpha value is -3.01. The van der Waals surface area contributed by atoms with Gasteiger partial charge in [0.15, 0.2) is 11.5 Å². The second-order valence-corrected chi connectivity index (χ2v) is 7.00. The first-order valence-electron chi connectivity index (χ1n) is 9.60. The van der Waals surface area contributed by atoms with Crippen LogP contribution in [-0.2, 0) is 4.74 Å². The monoisotopic (exact) mass is 381 g/mol. The molecule has 0 bridgehead atoms. The van der Waals surface area contributed by atoms with Crippen molar-refractivity contribution >= 4 is 28.6 Å². The molecule has 0 unspecified atom stereocenters. The van der Waals surface area contributed by atoms with E-state index in [2.05, 4.69) is 50.7 Å². The van der Waals surface area contributed by atoms with E-state index in [0.717, 1.165) is 81.3 Å². The van der Waals surface area contributed by atoms with Gasteiger partial charge in [-0.25, -0.2) is 24.9 Å². The molecule has 3 aromatic heterocycles. The number of nitrogens with zero attached hydrogens (tertiary/aromatic N) is 8. The van der Waals surface area contributed by atoms with Crippen LogP contribution in [0.1, 0.15) is 5.82 Å². The molecule has 0 spiro atoms. The quantitative estimate of drug-likeness (QED) is 0.700. The third-order valence-corrected chi connectivity index (χ3v) is 5.25. The maximum Gasteiger partial charge on any atom is 0.182 e. The first-order chi connectivity index (χ1) is 13.8. The fraction of sp³-hybridized carbons (Fsp3) is 0.500. The third-order valence-electron chi connectivity index (χ3n) is 5.25.